The number of rotatable bonds is 68. The maximum Gasteiger partial charge on any atom is 0.424 e. The average Bonchev–Trinajstić information content (AvgIpc) is 3.50. The third kappa shape index (κ3) is 55.0. The molecule has 0 heterocycles. The van der Waals surface area contributed by atoms with Gasteiger partial charge >= 0.3 is 6.95 Å². The Morgan fingerprint density at radius 3 is 0.687 bits per heavy atom. The van der Waals surface area contributed by atoms with E-state index in [1.165, 1.54) is 101 Å². The van der Waals surface area contributed by atoms with Crippen LogP contribution in [-0.4, -0.2) is 211 Å². The Balaban J connectivity index is 1.17. The van der Waals surface area contributed by atoms with Crippen molar-refractivity contribution in [3.05, 3.63) is 59.7 Å². The van der Waals surface area contributed by atoms with Crippen molar-refractivity contribution < 1.29 is 89.4 Å². The summed E-state index contributed by atoms with van der Waals surface area (Å²) in [6.45, 7) is 14.0. The Morgan fingerprint density at radius 2 is 0.458 bits per heavy atom. The van der Waals surface area contributed by atoms with Gasteiger partial charge in [0, 0.05) is 11.2 Å². The Hall–Kier alpha value is -2.08. The lowest BCUT2D eigenvalue weighted by molar-refractivity contribution is -0.0224. The molecule has 0 bridgehead atoms. The fourth-order valence-electron chi connectivity index (χ4n) is 7.80. The quantitative estimate of drug-likeness (QED) is 0.0450. The Labute approximate surface area is 504 Å². The largest absolute Gasteiger partial charge is 0.491 e. The molecule has 0 saturated heterocycles. The van der Waals surface area contributed by atoms with E-state index < -0.39 is 6.95 Å². The highest BCUT2D eigenvalue weighted by atomic mass is 35.7. The van der Waals surface area contributed by atoms with Crippen molar-refractivity contribution >= 4 is 18.2 Å². The minimum Gasteiger partial charge on any atom is -0.491 e. The van der Waals surface area contributed by atoms with E-state index >= 15 is 0 Å². The number of ether oxygens (including phenoxy) is 16. The predicted molar refractivity (Wildman–Crippen MR) is 324 cm³/mol. The molecule has 2 rings (SSSR count). The van der Waals surface area contributed by atoms with Crippen molar-refractivity contribution in [3.63, 3.8) is 0 Å². The molecule has 21 heteroatoms. The van der Waals surface area contributed by atoms with E-state index in [9.17, 15) is 4.57 Å². The first-order valence-corrected chi connectivity index (χ1v) is 33.6. The molecule has 83 heavy (non-hydrogen) atoms. The van der Waals surface area contributed by atoms with Crippen LogP contribution < -0.4 is 9.47 Å². The summed E-state index contributed by atoms with van der Waals surface area (Å²) in [5.41, 5.74) is 2.74. The molecule has 0 fully saturated rings. The number of benzene rings is 2. The minimum absolute atomic E-state index is 0.00340. The lowest BCUT2D eigenvalue weighted by atomic mass is 10.0. The fourth-order valence-corrected chi connectivity index (χ4v) is 8.88. The second-order valence-corrected chi connectivity index (χ2v) is 22.0. The van der Waals surface area contributed by atoms with Gasteiger partial charge in [-0.25, -0.2) is 4.57 Å². The molecule has 0 aliphatic carbocycles. The van der Waals surface area contributed by atoms with Gasteiger partial charge in [-0.15, -0.1) is 0 Å². The van der Waals surface area contributed by atoms with Gasteiger partial charge in [-0.3, -0.25) is 9.05 Å². The van der Waals surface area contributed by atoms with Gasteiger partial charge in [0.15, 0.2) is 0 Å². The van der Waals surface area contributed by atoms with E-state index in [0.717, 1.165) is 24.3 Å². The lowest BCUT2D eigenvalue weighted by Crippen LogP contribution is -2.15. The van der Waals surface area contributed by atoms with Gasteiger partial charge in [0.2, 0.25) is 0 Å². The molecule has 19 nitrogen and oxygen atoms in total. The molecule has 0 amide bonds. The van der Waals surface area contributed by atoms with E-state index in [0.29, 0.717) is 185 Å². The molecular weight excluding hydrogens is 1120 g/mol. The SMILES string of the molecule is CCCCCCCCCc1ccc(OCCOCCOCCOCCOCCOCCOCCOCCOP(=O)(Cl)OCCOCCOCCOCCOCCOCCOCCOCCOc2ccc(CCCCCCCCC)cc2)cc1. The number of halogens is 1. The Kier molecular flexibility index (Phi) is 57.1. The molecule has 2 aromatic rings. The monoisotopic (exact) mass is 1220 g/mol. The van der Waals surface area contributed by atoms with Gasteiger partial charge in [0.1, 0.15) is 24.7 Å². The smallest absolute Gasteiger partial charge is 0.424 e. The zero-order chi connectivity index (χ0) is 59.1. The number of hydrogen-bond acceptors (Lipinski definition) is 19. The highest BCUT2D eigenvalue weighted by Gasteiger charge is 2.20. The molecule has 0 radical (unpaired) electrons. The van der Waals surface area contributed by atoms with E-state index in [2.05, 4.69) is 38.1 Å². The minimum atomic E-state index is -3.75. The van der Waals surface area contributed by atoms with Crippen LogP contribution in [-0.2, 0) is 92.8 Å². The highest BCUT2D eigenvalue weighted by Crippen LogP contribution is 2.53. The van der Waals surface area contributed by atoms with Crippen LogP contribution in [0.2, 0.25) is 0 Å². The highest BCUT2D eigenvalue weighted by molar-refractivity contribution is 7.81. The number of hydrogen-bond donors (Lipinski definition) is 0. The van der Waals surface area contributed by atoms with Crippen molar-refractivity contribution in [2.24, 2.45) is 0 Å². The summed E-state index contributed by atoms with van der Waals surface area (Å²) in [5.74, 6) is 1.75. The van der Waals surface area contributed by atoms with Crippen LogP contribution in [0.3, 0.4) is 0 Å². The van der Waals surface area contributed by atoms with E-state index in [1.807, 2.05) is 24.3 Å². The van der Waals surface area contributed by atoms with Crippen molar-refractivity contribution in [2.45, 2.75) is 117 Å². The topological polar surface area (TPSA) is 183 Å². The molecule has 0 unspecified atom stereocenters. The summed E-state index contributed by atoms with van der Waals surface area (Å²) in [7, 11) is 0. The number of unbranched alkanes of at least 4 members (excludes halogenated alkanes) is 12. The molecule has 2 aromatic carbocycles. The van der Waals surface area contributed by atoms with Crippen molar-refractivity contribution in [2.75, 3.05) is 211 Å². The first kappa shape index (κ1) is 77.0. The molecule has 0 aliphatic rings. The van der Waals surface area contributed by atoms with Crippen molar-refractivity contribution in [1.29, 1.82) is 0 Å². The van der Waals surface area contributed by atoms with Gasteiger partial charge in [-0.05, 0) is 61.1 Å². The molecule has 0 aromatic heterocycles. The van der Waals surface area contributed by atoms with Crippen LogP contribution in [0.1, 0.15) is 115 Å². The molecule has 0 N–H and O–H groups in total. The van der Waals surface area contributed by atoms with Crippen LogP contribution in [0.25, 0.3) is 0 Å². The Morgan fingerprint density at radius 1 is 0.265 bits per heavy atom. The first-order valence-electron chi connectivity index (χ1n) is 31.1. The molecule has 0 saturated carbocycles. The van der Waals surface area contributed by atoms with Gasteiger partial charge in [0.25, 0.3) is 0 Å². The van der Waals surface area contributed by atoms with Crippen LogP contribution >= 0.6 is 18.2 Å². The summed E-state index contributed by atoms with van der Waals surface area (Å²) in [6.07, 6.45) is 20.9. The van der Waals surface area contributed by atoms with Crippen molar-refractivity contribution in [1.82, 2.24) is 0 Å². The van der Waals surface area contributed by atoms with Crippen LogP contribution in [0.15, 0.2) is 48.5 Å². The summed E-state index contributed by atoms with van der Waals surface area (Å²) < 4.78 is 112. The van der Waals surface area contributed by atoms with Crippen LogP contribution in [0, 0.1) is 0 Å². The zero-order valence-corrected chi connectivity index (χ0v) is 52.8. The standard InChI is InChI=1S/C62H110ClO19P/c1-3-5-7-9-11-13-15-17-59-19-23-61(24-20-59)79-55-51-75-47-43-71-39-35-67-31-27-65-29-33-69-37-41-73-45-49-77-53-57-81-83(63,64)82-58-54-78-50-46-74-42-38-70-34-30-66-28-32-68-36-40-72-44-48-76-52-56-80-62-25-21-60(22-26-62)18-16-14-12-10-8-6-4-2/h19-26H,3-18,27-58H2,1-2H3. The molecule has 0 aliphatic heterocycles. The first-order chi connectivity index (χ1) is 41.0. The lowest BCUT2D eigenvalue weighted by Gasteiger charge is -2.12. The van der Waals surface area contributed by atoms with Gasteiger partial charge < -0.3 is 75.8 Å². The van der Waals surface area contributed by atoms with Crippen LogP contribution in [0.5, 0.6) is 11.5 Å². The summed E-state index contributed by atoms with van der Waals surface area (Å²) in [4.78, 5) is 0. The molecule has 484 valence electrons. The van der Waals surface area contributed by atoms with E-state index in [-0.39, 0.29) is 26.4 Å². The van der Waals surface area contributed by atoms with E-state index in [4.69, 9.17) is 96.1 Å². The van der Waals surface area contributed by atoms with Gasteiger partial charge in [-0.2, -0.15) is 0 Å². The predicted octanol–water partition coefficient (Wildman–Crippen LogP) is 11.3. The summed E-state index contributed by atoms with van der Waals surface area (Å²) >= 11 is 5.87. The maximum atomic E-state index is 12.3. The van der Waals surface area contributed by atoms with Gasteiger partial charge in [-0.1, -0.05) is 115 Å². The molecule has 0 atom stereocenters. The zero-order valence-electron chi connectivity index (χ0n) is 51.1. The second kappa shape index (κ2) is 61.6. The normalized spacial score (nSPS) is 11.8. The second-order valence-electron chi connectivity index (χ2n) is 19.4. The average molecular weight is 1230 g/mol. The third-order valence-electron chi connectivity index (χ3n) is 12.4. The Bertz CT molecular complexity index is 1540. The van der Waals surface area contributed by atoms with Crippen LogP contribution in [0.4, 0.5) is 0 Å². The van der Waals surface area contributed by atoms with Gasteiger partial charge in [0.05, 0.1) is 198 Å². The fraction of sp³-hybridized carbons (Fsp3) is 0.806. The van der Waals surface area contributed by atoms with Crippen molar-refractivity contribution in [3.8, 4) is 11.5 Å². The number of aryl methyl sites for hydroxylation is 2. The summed E-state index contributed by atoms with van der Waals surface area (Å²) in [5, 5.41) is 0. The maximum absolute atomic E-state index is 12.3. The molecular formula is C62H110ClO19P. The summed E-state index contributed by atoms with van der Waals surface area (Å²) in [6, 6.07) is 16.8. The van der Waals surface area contributed by atoms with E-state index in [1.54, 1.807) is 0 Å². The third-order valence-corrected chi connectivity index (χ3v) is 14.0. The molecule has 0 spiro atoms.